The first-order chi connectivity index (χ1) is 9.15. The molecule has 1 N–H and O–H groups in total. The van der Waals surface area contributed by atoms with Crippen LogP contribution in [0.5, 0.6) is 5.75 Å². The van der Waals surface area contributed by atoms with E-state index in [1.807, 2.05) is 20.2 Å². The van der Waals surface area contributed by atoms with Gasteiger partial charge in [0, 0.05) is 36.3 Å². The SMILES string of the molecule is CNCc1ccn(Cc2ncc(C)c(OC)c2C)c1. The number of nitrogens with zero attached hydrogens (tertiary/aromatic N) is 2. The summed E-state index contributed by atoms with van der Waals surface area (Å²) < 4.78 is 7.59. The normalized spacial score (nSPS) is 10.7. The van der Waals surface area contributed by atoms with Crippen molar-refractivity contribution in [1.29, 1.82) is 0 Å². The monoisotopic (exact) mass is 259 g/mol. The average Bonchev–Trinajstić information content (AvgIpc) is 2.82. The van der Waals surface area contributed by atoms with Crippen LogP contribution >= 0.6 is 0 Å². The van der Waals surface area contributed by atoms with Gasteiger partial charge in [-0.05, 0) is 32.5 Å². The van der Waals surface area contributed by atoms with Crippen molar-refractivity contribution in [2.45, 2.75) is 26.9 Å². The second-order valence-corrected chi connectivity index (χ2v) is 4.77. The lowest BCUT2D eigenvalue weighted by atomic mass is 10.1. The third-order valence-electron chi connectivity index (χ3n) is 3.27. The van der Waals surface area contributed by atoms with Gasteiger partial charge in [-0.15, -0.1) is 0 Å². The minimum absolute atomic E-state index is 0.770. The highest BCUT2D eigenvalue weighted by Gasteiger charge is 2.09. The highest BCUT2D eigenvalue weighted by molar-refractivity contribution is 5.41. The summed E-state index contributed by atoms with van der Waals surface area (Å²) in [7, 11) is 3.66. The van der Waals surface area contributed by atoms with E-state index < -0.39 is 0 Å². The smallest absolute Gasteiger partial charge is 0.128 e. The largest absolute Gasteiger partial charge is 0.496 e. The molecular weight excluding hydrogens is 238 g/mol. The van der Waals surface area contributed by atoms with Crippen molar-refractivity contribution >= 4 is 0 Å². The Hall–Kier alpha value is -1.81. The van der Waals surface area contributed by atoms with Gasteiger partial charge in [0.25, 0.3) is 0 Å². The molecule has 4 nitrogen and oxygen atoms in total. The molecule has 102 valence electrons. The zero-order chi connectivity index (χ0) is 13.8. The molecule has 0 amide bonds. The van der Waals surface area contributed by atoms with Gasteiger partial charge in [-0.3, -0.25) is 4.98 Å². The second-order valence-electron chi connectivity index (χ2n) is 4.77. The molecule has 0 atom stereocenters. The van der Waals surface area contributed by atoms with Gasteiger partial charge in [-0.2, -0.15) is 0 Å². The molecule has 2 heterocycles. The first kappa shape index (κ1) is 13.6. The molecule has 0 bridgehead atoms. The van der Waals surface area contributed by atoms with E-state index >= 15 is 0 Å². The summed E-state index contributed by atoms with van der Waals surface area (Å²) in [5, 5.41) is 3.15. The van der Waals surface area contributed by atoms with Crippen molar-refractivity contribution in [3.63, 3.8) is 0 Å². The fourth-order valence-electron chi connectivity index (χ4n) is 2.30. The Bertz CT molecular complexity index is 561. The number of hydrogen-bond donors (Lipinski definition) is 1. The van der Waals surface area contributed by atoms with Crippen molar-refractivity contribution in [2.24, 2.45) is 0 Å². The number of pyridine rings is 1. The Morgan fingerprint density at radius 3 is 2.84 bits per heavy atom. The number of nitrogens with one attached hydrogen (secondary N) is 1. The lowest BCUT2D eigenvalue weighted by Crippen LogP contribution is -2.06. The fourth-order valence-corrected chi connectivity index (χ4v) is 2.30. The third-order valence-corrected chi connectivity index (χ3v) is 3.27. The van der Waals surface area contributed by atoms with Gasteiger partial charge < -0.3 is 14.6 Å². The van der Waals surface area contributed by atoms with Crippen molar-refractivity contribution in [3.05, 3.63) is 47.0 Å². The summed E-state index contributed by atoms with van der Waals surface area (Å²) in [6, 6.07) is 2.12. The van der Waals surface area contributed by atoms with E-state index in [0.717, 1.165) is 35.7 Å². The van der Waals surface area contributed by atoms with E-state index in [4.69, 9.17) is 4.74 Å². The van der Waals surface area contributed by atoms with Crippen molar-refractivity contribution in [3.8, 4) is 5.75 Å². The van der Waals surface area contributed by atoms with Gasteiger partial charge in [-0.25, -0.2) is 0 Å². The molecule has 2 aromatic rings. The second kappa shape index (κ2) is 5.89. The zero-order valence-electron chi connectivity index (χ0n) is 12.0. The van der Waals surface area contributed by atoms with Crippen LogP contribution < -0.4 is 10.1 Å². The molecule has 0 radical (unpaired) electrons. The number of hydrogen-bond acceptors (Lipinski definition) is 3. The number of aryl methyl sites for hydroxylation is 1. The molecule has 0 aliphatic carbocycles. The topological polar surface area (TPSA) is 39.1 Å². The number of rotatable bonds is 5. The molecule has 4 heteroatoms. The van der Waals surface area contributed by atoms with Crippen LogP contribution in [0.2, 0.25) is 0 Å². The molecular formula is C15H21N3O. The first-order valence-corrected chi connectivity index (χ1v) is 6.44. The standard InChI is InChI=1S/C15H21N3O/c1-11-7-17-14(12(2)15(11)19-4)10-18-6-5-13(9-18)8-16-3/h5-7,9,16H,8,10H2,1-4H3. The van der Waals surface area contributed by atoms with Crippen LogP contribution in [0.15, 0.2) is 24.7 Å². The molecule has 0 aliphatic rings. The van der Waals surface area contributed by atoms with Crippen molar-refractivity contribution in [1.82, 2.24) is 14.9 Å². The zero-order valence-corrected chi connectivity index (χ0v) is 12.0. The maximum absolute atomic E-state index is 5.44. The van der Waals surface area contributed by atoms with E-state index in [0.29, 0.717) is 0 Å². The summed E-state index contributed by atoms with van der Waals surface area (Å²) in [4.78, 5) is 4.52. The van der Waals surface area contributed by atoms with E-state index in [9.17, 15) is 0 Å². The number of aromatic nitrogens is 2. The quantitative estimate of drug-likeness (QED) is 0.895. The van der Waals surface area contributed by atoms with Crippen LogP contribution in [0.3, 0.4) is 0 Å². The summed E-state index contributed by atoms with van der Waals surface area (Å²) in [5.41, 5.74) is 4.52. The Labute approximate surface area is 114 Å². The fraction of sp³-hybridized carbons (Fsp3) is 0.400. The molecule has 0 fully saturated rings. The predicted octanol–water partition coefficient (Wildman–Crippen LogP) is 2.28. The Morgan fingerprint density at radius 2 is 2.16 bits per heavy atom. The van der Waals surface area contributed by atoms with Crippen molar-refractivity contribution in [2.75, 3.05) is 14.2 Å². The summed E-state index contributed by atoms with van der Waals surface area (Å²) >= 11 is 0. The molecule has 0 saturated heterocycles. The molecule has 0 aromatic carbocycles. The molecule has 0 unspecified atom stereocenters. The van der Waals surface area contributed by atoms with Crippen LogP contribution in [0.25, 0.3) is 0 Å². The molecule has 0 aliphatic heterocycles. The van der Waals surface area contributed by atoms with Crippen LogP contribution in [-0.2, 0) is 13.1 Å². The average molecular weight is 259 g/mol. The maximum atomic E-state index is 5.44. The van der Waals surface area contributed by atoms with Gasteiger partial charge in [0.2, 0.25) is 0 Å². The van der Waals surface area contributed by atoms with Gasteiger partial charge in [0.05, 0.1) is 19.3 Å². The minimum atomic E-state index is 0.770. The highest BCUT2D eigenvalue weighted by Crippen LogP contribution is 2.24. The predicted molar refractivity (Wildman–Crippen MR) is 76.6 cm³/mol. The maximum Gasteiger partial charge on any atom is 0.128 e. The van der Waals surface area contributed by atoms with Crippen LogP contribution in [0.1, 0.15) is 22.4 Å². The molecule has 0 spiro atoms. The molecule has 2 rings (SSSR count). The van der Waals surface area contributed by atoms with Crippen LogP contribution in [0, 0.1) is 13.8 Å². The van der Waals surface area contributed by atoms with E-state index in [1.54, 1.807) is 7.11 Å². The number of methoxy groups -OCH3 is 1. The number of ether oxygens (including phenoxy) is 1. The van der Waals surface area contributed by atoms with Crippen LogP contribution in [-0.4, -0.2) is 23.7 Å². The Morgan fingerprint density at radius 1 is 1.37 bits per heavy atom. The van der Waals surface area contributed by atoms with Gasteiger partial charge in [-0.1, -0.05) is 0 Å². The lowest BCUT2D eigenvalue weighted by Gasteiger charge is -2.12. The highest BCUT2D eigenvalue weighted by atomic mass is 16.5. The van der Waals surface area contributed by atoms with E-state index in [1.165, 1.54) is 5.56 Å². The van der Waals surface area contributed by atoms with E-state index in [2.05, 4.69) is 40.3 Å². The van der Waals surface area contributed by atoms with Gasteiger partial charge >= 0.3 is 0 Å². The lowest BCUT2D eigenvalue weighted by molar-refractivity contribution is 0.406. The summed E-state index contributed by atoms with van der Waals surface area (Å²) in [6.45, 7) is 5.73. The Balaban J connectivity index is 2.23. The summed E-state index contributed by atoms with van der Waals surface area (Å²) in [5.74, 6) is 0.938. The van der Waals surface area contributed by atoms with Crippen molar-refractivity contribution < 1.29 is 4.74 Å². The molecule has 19 heavy (non-hydrogen) atoms. The van der Waals surface area contributed by atoms with Crippen LogP contribution in [0.4, 0.5) is 0 Å². The molecule has 2 aromatic heterocycles. The Kier molecular flexibility index (Phi) is 4.22. The van der Waals surface area contributed by atoms with Gasteiger partial charge in [0.15, 0.2) is 0 Å². The first-order valence-electron chi connectivity index (χ1n) is 6.44. The van der Waals surface area contributed by atoms with Gasteiger partial charge in [0.1, 0.15) is 5.75 Å². The summed E-state index contributed by atoms with van der Waals surface area (Å²) in [6.07, 6.45) is 6.10. The minimum Gasteiger partial charge on any atom is -0.496 e. The third kappa shape index (κ3) is 2.96. The van der Waals surface area contributed by atoms with E-state index in [-0.39, 0.29) is 0 Å². The molecule has 0 saturated carbocycles.